The molecule has 2 aliphatic carbocycles. The van der Waals surface area contributed by atoms with Gasteiger partial charge in [-0.15, -0.1) is 0 Å². The Labute approximate surface area is 69.7 Å². The van der Waals surface area contributed by atoms with Gasteiger partial charge in [0, 0.05) is 0 Å². The first-order chi connectivity index (χ1) is 5.45. The van der Waals surface area contributed by atoms with Gasteiger partial charge in [-0.1, -0.05) is 31.4 Å². The maximum Gasteiger partial charge on any atom is -0.0322 e. The normalized spacial score (nSPS) is 31.8. The number of hydrogen-bond donors (Lipinski definition) is 0. The van der Waals surface area contributed by atoms with E-state index in [2.05, 4.69) is 12.2 Å². The SMILES string of the molecule is C1=CC[C@@H](CC2CCC2)CC1. The first kappa shape index (κ1) is 7.39. The Balaban J connectivity index is 1.72. The monoisotopic (exact) mass is 150 g/mol. The van der Waals surface area contributed by atoms with E-state index in [4.69, 9.17) is 0 Å². The third-order valence-electron chi connectivity index (χ3n) is 3.27. The maximum atomic E-state index is 2.38. The van der Waals surface area contributed by atoms with Crippen molar-refractivity contribution in [3.63, 3.8) is 0 Å². The summed E-state index contributed by atoms with van der Waals surface area (Å²) >= 11 is 0. The minimum Gasteiger partial charge on any atom is -0.0885 e. The van der Waals surface area contributed by atoms with Crippen molar-refractivity contribution in [1.29, 1.82) is 0 Å². The van der Waals surface area contributed by atoms with Gasteiger partial charge in [-0.25, -0.2) is 0 Å². The maximum absolute atomic E-state index is 2.38. The van der Waals surface area contributed by atoms with Crippen molar-refractivity contribution in [2.45, 2.75) is 44.9 Å². The molecule has 0 N–H and O–H groups in total. The largest absolute Gasteiger partial charge is 0.0885 e. The first-order valence-corrected chi connectivity index (χ1v) is 5.10. The molecule has 0 nitrogen and oxygen atoms in total. The molecular formula is C11H18. The third-order valence-corrected chi connectivity index (χ3v) is 3.27. The van der Waals surface area contributed by atoms with Gasteiger partial charge in [0.05, 0.1) is 0 Å². The molecule has 0 saturated heterocycles. The van der Waals surface area contributed by atoms with Crippen LogP contribution in [0.25, 0.3) is 0 Å². The van der Waals surface area contributed by atoms with Gasteiger partial charge in [-0.3, -0.25) is 0 Å². The summed E-state index contributed by atoms with van der Waals surface area (Å²) in [7, 11) is 0. The molecule has 0 bridgehead atoms. The van der Waals surface area contributed by atoms with Crippen molar-refractivity contribution >= 4 is 0 Å². The molecule has 1 saturated carbocycles. The van der Waals surface area contributed by atoms with Crippen LogP contribution in [0.1, 0.15) is 44.9 Å². The van der Waals surface area contributed by atoms with Crippen LogP contribution < -0.4 is 0 Å². The minimum absolute atomic E-state index is 1.05. The predicted octanol–water partition coefficient (Wildman–Crippen LogP) is 3.53. The molecule has 0 heteroatoms. The van der Waals surface area contributed by atoms with Crippen molar-refractivity contribution in [3.05, 3.63) is 12.2 Å². The van der Waals surface area contributed by atoms with E-state index in [0.29, 0.717) is 0 Å². The number of hydrogen-bond acceptors (Lipinski definition) is 0. The highest BCUT2D eigenvalue weighted by atomic mass is 14.3. The zero-order valence-corrected chi connectivity index (χ0v) is 7.26. The topological polar surface area (TPSA) is 0 Å². The lowest BCUT2D eigenvalue weighted by atomic mass is 9.76. The summed E-state index contributed by atoms with van der Waals surface area (Å²) in [6, 6.07) is 0. The molecule has 0 spiro atoms. The molecule has 0 aromatic rings. The lowest BCUT2D eigenvalue weighted by molar-refractivity contribution is 0.240. The minimum atomic E-state index is 1.05. The smallest absolute Gasteiger partial charge is 0.0322 e. The summed E-state index contributed by atoms with van der Waals surface area (Å²) in [5, 5.41) is 0. The molecule has 0 aromatic heterocycles. The Morgan fingerprint density at radius 1 is 1.00 bits per heavy atom. The second-order valence-electron chi connectivity index (χ2n) is 4.18. The predicted molar refractivity (Wildman–Crippen MR) is 48.4 cm³/mol. The zero-order chi connectivity index (χ0) is 7.52. The van der Waals surface area contributed by atoms with Gasteiger partial charge in [0.1, 0.15) is 0 Å². The lowest BCUT2D eigenvalue weighted by Crippen LogP contribution is -2.16. The Bertz CT molecular complexity index is 142. The molecule has 0 radical (unpaired) electrons. The highest BCUT2D eigenvalue weighted by Crippen LogP contribution is 2.35. The summed E-state index contributed by atoms with van der Waals surface area (Å²) in [5.41, 5.74) is 0. The zero-order valence-electron chi connectivity index (χ0n) is 7.26. The third kappa shape index (κ3) is 1.85. The van der Waals surface area contributed by atoms with Crippen LogP contribution in [0.4, 0.5) is 0 Å². The Morgan fingerprint density at radius 3 is 2.45 bits per heavy atom. The van der Waals surface area contributed by atoms with Crippen LogP contribution >= 0.6 is 0 Å². The summed E-state index contributed by atoms with van der Waals surface area (Å²) in [6.07, 6.45) is 15.0. The van der Waals surface area contributed by atoms with E-state index >= 15 is 0 Å². The molecule has 2 rings (SSSR count). The van der Waals surface area contributed by atoms with E-state index in [1.54, 1.807) is 0 Å². The van der Waals surface area contributed by atoms with Crippen LogP contribution in [0.3, 0.4) is 0 Å². The fraction of sp³-hybridized carbons (Fsp3) is 0.818. The molecular weight excluding hydrogens is 132 g/mol. The summed E-state index contributed by atoms with van der Waals surface area (Å²) < 4.78 is 0. The highest BCUT2D eigenvalue weighted by molar-refractivity contribution is 4.91. The summed E-state index contributed by atoms with van der Waals surface area (Å²) in [6.45, 7) is 0. The Hall–Kier alpha value is -0.260. The molecule has 0 unspecified atom stereocenters. The van der Waals surface area contributed by atoms with Crippen molar-refractivity contribution in [1.82, 2.24) is 0 Å². The first-order valence-electron chi connectivity index (χ1n) is 5.10. The average Bonchev–Trinajstić information content (AvgIpc) is 1.99. The van der Waals surface area contributed by atoms with Gasteiger partial charge < -0.3 is 0 Å². The van der Waals surface area contributed by atoms with Crippen molar-refractivity contribution in [3.8, 4) is 0 Å². The molecule has 1 fully saturated rings. The molecule has 0 aromatic carbocycles. The lowest BCUT2D eigenvalue weighted by Gasteiger charge is -2.30. The molecule has 1 atom stereocenters. The van der Waals surface area contributed by atoms with Gasteiger partial charge in [0.15, 0.2) is 0 Å². The van der Waals surface area contributed by atoms with E-state index in [1.807, 2.05) is 0 Å². The van der Waals surface area contributed by atoms with E-state index in [1.165, 1.54) is 44.9 Å². The standard InChI is InChI=1S/C11H18/c1-2-5-10(6-3-1)9-11-7-4-8-11/h1-2,10-11H,3-9H2/t10-/m1/s1. The van der Waals surface area contributed by atoms with Crippen LogP contribution in [0, 0.1) is 11.8 Å². The molecule has 62 valence electrons. The fourth-order valence-corrected chi connectivity index (χ4v) is 2.27. The van der Waals surface area contributed by atoms with Gasteiger partial charge in [0.25, 0.3) is 0 Å². The van der Waals surface area contributed by atoms with Crippen LogP contribution in [-0.2, 0) is 0 Å². The van der Waals surface area contributed by atoms with Gasteiger partial charge >= 0.3 is 0 Å². The fourth-order valence-electron chi connectivity index (χ4n) is 2.27. The summed E-state index contributed by atoms with van der Waals surface area (Å²) in [4.78, 5) is 0. The van der Waals surface area contributed by atoms with E-state index in [9.17, 15) is 0 Å². The molecule has 0 amide bonds. The number of rotatable bonds is 2. The van der Waals surface area contributed by atoms with Crippen LogP contribution in [-0.4, -0.2) is 0 Å². The van der Waals surface area contributed by atoms with E-state index in [-0.39, 0.29) is 0 Å². The van der Waals surface area contributed by atoms with Crippen molar-refractivity contribution in [2.75, 3.05) is 0 Å². The second-order valence-corrected chi connectivity index (χ2v) is 4.18. The molecule has 2 aliphatic rings. The van der Waals surface area contributed by atoms with Crippen molar-refractivity contribution < 1.29 is 0 Å². The van der Waals surface area contributed by atoms with Gasteiger partial charge in [-0.05, 0) is 37.5 Å². The van der Waals surface area contributed by atoms with Crippen molar-refractivity contribution in [2.24, 2.45) is 11.8 Å². The quantitative estimate of drug-likeness (QED) is 0.528. The van der Waals surface area contributed by atoms with Crippen LogP contribution in [0.5, 0.6) is 0 Å². The molecule has 0 heterocycles. The average molecular weight is 150 g/mol. The van der Waals surface area contributed by atoms with E-state index < -0.39 is 0 Å². The van der Waals surface area contributed by atoms with Gasteiger partial charge in [0.2, 0.25) is 0 Å². The Morgan fingerprint density at radius 2 is 1.91 bits per heavy atom. The van der Waals surface area contributed by atoms with E-state index in [0.717, 1.165) is 11.8 Å². The van der Waals surface area contributed by atoms with Crippen LogP contribution in [0.15, 0.2) is 12.2 Å². The number of allylic oxidation sites excluding steroid dienone is 2. The molecule has 0 aliphatic heterocycles. The van der Waals surface area contributed by atoms with Crippen LogP contribution in [0.2, 0.25) is 0 Å². The van der Waals surface area contributed by atoms with Gasteiger partial charge in [-0.2, -0.15) is 0 Å². The summed E-state index contributed by atoms with van der Waals surface area (Å²) in [5.74, 6) is 2.16. The second kappa shape index (κ2) is 3.42. The molecule has 11 heavy (non-hydrogen) atoms. The highest BCUT2D eigenvalue weighted by Gasteiger charge is 2.21. The Kier molecular flexibility index (Phi) is 2.30.